The molecule has 1 aliphatic rings. The molecule has 1 atom stereocenters. The van der Waals surface area contributed by atoms with E-state index in [1.807, 2.05) is 0 Å². The first-order valence-electron chi connectivity index (χ1n) is 9.20. The molecule has 1 N–H and O–H groups in total. The Balaban J connectivity index is 1.66. The molecule has 2 aromatic carbocycles. The second-order valence-corrected chi connectivity index (χ2v) is 7.61. The van der Waals surface area contributed by atoms with E-state index in [4.69, 9.17) is 11.6 Å². The van der Waals surface area contributed by atoms with Crippen LogP contribution in [0.4, 0.5) is 23.2 Å². The van der Waals surface area contributed by atoms with Gasteiger partial charge in [0.25, 0.3) is 5.91 Å². The zero-order valence-electron chi connectivity index (χ0n) is 15.7. The SMILES string of the molecule is O=C(CCCc1cc(F)cc(Cl)c1)[C@@]1(O)CCN(c2cccc(C(F)(F)F)c2)C1=O. The molecule has 0 aliphatic carbocycles. The highest BCUT2D eigenvalue weighted by atomic mass is 35.5. The van der Waals surface area contributed by atoms with Gasteiger partial charge in [-0.3, -0.25) is 9.59 Å². The Kier molecular flexibility index (Phi) is 6.19. The second kappa shape index (κ2) is 8.35. The Morgan fingerprint density at radius 3 is 2.60 bits per heavy atom. The third-order valence-corrected chi connectivity index (χ3v) is 5.25. The lowest BCUT2D eigenvalue weighted by Crippen LogP contribution is -2.46. The summed E-state index contributed by atoms with van der Waals surface area (Å²) in [6.07, 6.45) is -4.38. The standard InChI is InChI=1S/C21H18ClF4NO3/c22-15-9-13(10-16(23)12-15)3-1-6-18(28)20(30)7-8-27(19(20)29)17-5-2-4-14(11-17)21(24,25)26/h2,4-5,9-12,30H,1,3,6-8H2/t20-/m0/s1. The molecule has 0 radical (unpaired) electrons. The molecule has 2 aromatic rings. The second-order valence-electron chi connectivity index (χ2n) is 7.17. The van der Waals surface area contributed by atoms with Crippen molar-refractivity contribution in [1.29, 1.82) is 0 Å². The van der Waals surface area contributed by atoms with Crippen LogP contribution >= 0.6 is 11.6 Å². The average molecular weight is 444 g/mol. The summed E-state index contributed by atoms with van der Waals surface area (Å²) < 4.78 is 52.1. The van der Waals surface area contributed by atoms with E-state index >= 15 is 0 Å². The molecule has 1 fully saturated rings. The van der Waals surface area contributed by atoms with Gasteiger partial charge in [0.2, 0.25) is 5.60 Å². The molecule has 3 rings (SSSR count). The maximum atomic E-state index is 13.4. The zero-order chi connectivity index (χ0) is 22.1. The van der Waals surface area contributed by atoms with Crippen molar-refractivity contribution in [3.63, 3.8) is 0 Å². The maximum absolute atomic E-state index is 13.4. The largest absolute Gasteiger partial charge is 0.416 e. The number of alkyl halides is 3. The molecule has 9 heteroatoms. The van der Waals surface area contributed by atoms with E-state index in [0.29, 0.717) is 12.0 Å². The predicted octanol–water partition coefficient (Wildman–Crippen LogP) is 4.56. The van der Waals surface area contributed by atoms with Crippen LogP contribution in [0.3, 0.4) is 0 Å². The number of hydrogen-bond acceptors (Lipinski definition) is 3. The number of nitrogens with zero attached hydrogens (tertiary/aromatic N) is 1. The highest BCUT2D eigenvalue weighted by molar-refractivity contribution is 6.30. The van der Waals surface area contributed by atoms with E-state index in [1.54, 1.807) is 6.07 Å². The van der Waals surface area contributed by atoms with E-state index in [1.165, 1.54) is 12.1 Å². The van der Waals surface area contributed by atoms with Gasteiger partial charge in [-0.15, -0.1) is 0 Å². The average Bonchev–Trinajstić information content (AvgIpc) is 2.96. The summed E-state index contributed by atoms with van der Waals surface area (Å²) in [6, 6.07) is 8.15. The smallest absolute Gasteiger partial charge is 0.373 e. The van der Waals surface area contributed by atoms with Gasteiger partial charge in [-0.25, -0.2) is 4.39 Å². The maximum Gasteiger partial charge on any atom is 0.416 e. The van der Waals surface area contributed by atoms with Gasteiger partial charge in [-0.2, -0.15) is 13.2 Å². The molecule has 0 saturated carbocycles. The van der Waals surface area contributed by atoms with Gasteiger partial charge in [-0.05, 0) is 54.8 Å². The van der Waals surface area contributed by atoms with Crippen LogP contribution in [0.5, 0.6) is 0 Å². The summed E-state index contributed by atoms with van der Waals surface area (Å²) in [5, 5.41) is 10.9. The van der Waals surface area contributed by atoms with Crippen LogP contribution in [0, 0.1) is 5.82 Å². The number of aryl methyl sites for hydroxylation is 1. The highest BCUT2D eigenvalue weighted by Gasteiger charge is 2.51. The number of Topliss-reactive ketones (excluding diaryl/α,β-unsaturated/α-hetero) is 1. The van der Waals surface area contributed by atoms with Crippen molar-refractivity contribution in [2.45, 2.75) is 37.5 Å². The molecule has 1 aliphatic heterocycles. The van der Waals surface area contributed by atoms with Gasteiger partial charge in [0.15, 0.2) is 5.78 Å². The zero-order valence-corrected chi connectivity index (χ0v) is 16.4. The van der Waals surface area contributed by atoms with Crippen molar-refractivity contribution in [2.24, 2.45) is 0 Å². The molecular formula is C21H18ClF4NO3. The number of aliphatic hydroxyl groups is 1. The van der Waals surface area contributed by atoms with Crippen LogP contribution < -0.4 is 4.90 Å². The first-order chi connectivity index (χ1) is 14.0. The van der Waals surface area contributed by atoms with Crippen LogP contribution in [-0.4, -0.2) is 28.9 Å². The van der Waals surface area contributed by atoms with Gasteiger partial charge in [-0.1, -0.05) is 17.7 Å². The van der Waals surface area contributed by atoms with Gasteiger partial charge in [0, 0.05) is 30.1 Å². The van der Waals surface area contributed by atoms with Crippen molar-refractivity contribution in [3.8, 4) is 0 Å². The van der Waals surface area contributed by atoms with Gasteiger partial charge in [0.1, 0.15) is 5.82 Å². The third kappa shape index (κ3) is 4.65. The van der Waals surface area contributed by atoms with Crippen LogP contribution in [0.1, 0.15) is 30.4 Å². The van der Waals surface area contributed by atoms with Gasteiger partial charge >= 0.3 is 6.18 Å². The highest BCUT2D eigenvalue weighted by Crippen LogP contribution is 2.35. The summed E-state index contributed by atoms with van der Waals surface area (Å²) in [6.45, 7) is -0.0815. The molecular weight excluding hydrogens is 426 g/mol. The molecule has 1 heterocycles. The lowest BCUT2D eigenvalue weighted by atomic mass is 9.92. The number of benzene rings is 2. The van der Waals surface area contributed by atoms with E-state index in [-0.39, 0.29) is 36.5 Å². The fourth-order valence-corrected chi connectivity index (χ4v) is 3.72. The summed E-state index contributed by atoms with van der Waals surface area (Å²) in [5.41, 5.74) is -2.67. The predicted molar refractivity (Wildman–Crippen MR) is 103 cm³/mol. The Labute approximate surface area is 175 Å². The number of anilines is 1. The normalized spacial score (nSPS) is 19.4. The molecule has 4 nitrogen and oxygen atoms in total. The van der Waals surface area contributed by atoms with Crippen LogP contribution in [0.25, 0.3) is 0 Å². The van der Waals surface area contributed by atoms with Crippen LogP contribution in [0.15, 0.2) is 42.5 Å². The minimum atomic E-state index is -4.58. The molecule has 1 amide bonds. The summed E-state index contributed by atoms with van der Waals surface area (Å²) in [5.74, 6) is -2.17. The molecule has 160 valence electrons. The number of carbonyl (C=O) groups excluding carboxylic acids is 2. The topological polar surface area (TPSA) is 57.6 Å². The van der Waals surface area contributed by atoms with E-state index in [9.17, 15) is 32.3 Å². The fraction of sp³-hybridized carbons (Fsp3) is 0.333. The summed E-state index contributed by atoms with van der Waals surface area (Å²) >= 11 is 5.78. The first-order valence-corrected chi connectivity index (χ1v) is 9.58. The lowest BCUT2D eigenvalue weighted by molar-refractivity contribution is -0.147. The van der Waals surface area contributed by atoms with Crippen molar-refractivity contribution in [2.75, 3.05) is 11.4 Å². The van der Waals surface area contributed by atoms with Gasteiger partial charge in [0.05, 0.1) is 5.56 Å². The number of amides is 1. The van der Waals surface area contributed by atoms with Crippen LogP contribution in [-0.2, 0) is 22.2 Å². The Morgan fingerprint density at radius 2 is 1.93 bits per heavy atom. The molecule has 0 spiro atoms. The van der Waals surface area contributed by atoms with E-state index < -0.39 is 34.8 Å². The Hall–Kier alpha value is -2.45. The van der Waals surface area contributed by atoms with Crippen molar-refractivity contribution in [3.05, 3.63) is 64.4 Å². The van der Waals surface area contributed by atoms with Gasteiger partial charge < -0.3 is 10.0 Å². The molecule has 0 bridgehead atoms. The summed E-state index contributed by atoms with van der Waals surface area (Å²) in [7, 11) is 0. The van der Waals surface area contributed by atoms with Crippen molar-refractivity contribution < 1.29 is 32.3 Å². The Bertz CT molecular complexity index is 959. The minimum absolute atomic E-state index is 0.0343. The molecule has 30 heavy (non-hydrogen) atoms. The number of ketones is 1. The number of halogens is 5. The Morgan fingerprint density at radius 1 is 1.20 bits per heavy atom. The molecule has 0 aromatic heterocycles. The van der Waals surface area contributed by atoms with E-state index in [0.717, 1.165) is 29.2 Å². The summed E-state index contributed by atoms with van der Waals surface area (Å²) in [4.78, 5) is 26.2. The molecule has 1 saturated heterocycles. The number of hydrogen-bond donors (Lipinski definition) is 1. The minimum Gasteiger partial charge on any atom is -0.373 e. The number of rotatable bonds is 6. The van der Waals surface area contributed by atoms with Crippen molar-refractivity contribution >= 4 is 29.0 Å². The third-order valence-electron chi connectivity index (χ3n) is 5.03. The van der Waals surface area contributed by atoms with Crippen LogP contribution in [0.2, 0.25) is 5.02 Å². The quantitative estimate of drug-likeness (QED) is 0.526. The molecule has 0 unspecified atom stereocenters. The fourth-order valence-electron chi connectivity index (χ4n) is 3.48. The number of carbonyl (C=O) groups is 2. The monoisotopic (exact) mass is 443 g/mol. The first kappa shape index (κ1) is 22.2. The lowest BCUT2D eigenvalue weighted by Gasteiger charge is -2.22. The van der Waals surface area contributed by atoms with Crippen molar-refractivity contribution in [1.82, 2.24) is 0 Å². The van der Waals surface area contributed by atoms with E-state index in [2.05, 4.69) is 0 Å².